The van der Waals surface area contributed by atoms with Gasteiger partial charge >= 0.3 is 0 Å². The molecule has 1 rings (SSSR count). The minimum Gasteiger partial charge on any atom is -0.344 e. The molecule has 0 unspecified atom stereocenters. The zero-order valence-corrected chi connectivity index (χ0v) is 10.7. The van der Waals surface area contributed by atoms with Gasteiger partial charge in [0.05, 0.1) is 18.9 Å². The number of rotatable bonds is 4. The molecule has 0 atom stereocenters. The molecule has 0 N–H and O–H groups in total. The number of likely N-dealkylation sites (N-methyl/N-ethyl adjacent to an activating group) is 1. The summed E-state index contributed by atoms with van der Waals surface area (Å²) in [4.78, 5) is 13.5. The first-order valence-electron chi connectivity index (χ1n) is 5.71. The Morgan fingerprint density at radius 3 is 2.76 bits per heavy atom. The van der Waals surface area contributed by atoms with Crippen molar-refractivity contribution in [2.75, 3.05) is 13.6 Å². The number of aryl methyl sites for hydroxylation is 2. The van der Waals surface area contributed by atoms with Crippen LogP contribution in [0.3, 0.4) is 0 Å². The van der Waals surface area contributed by atoms with E-state index in [1.54, 1.807) is 11.9 Å². The smallest absolute Gasteiger partial charge is 0.226 e. The molecule has 0 aromatic heterocycles. The minimum atomic E-state index is 0.0638. The van der Waals surface area contributed by atoms with Crippen molar-refractivity contribution >= 4 is 5.91 Å². The summed E-state index contributed by atoms with van der Waals surface area (Å²) in [7, 11) is 1.74. The van der Waals surface area contributed by atoms with Gasteiger partial charge in [-0.15, -0.1) is 0 Å². The second kappa shape index (κ2) is 6.05. The van der Waals surface area contributed by atoms with Crippen molar-refractivity contribution in [3.8, 4) is 6.07 Å². The Balaban J connectivity index is 2.68. The highest BCUT2D eigenvalue weighted by atomic mass is 16.2. The van der Waals surface area contributed by atoms with Crippen molar-refractivity contribution in [2.24, 2.45) is 0 Å². The van der Waals surface area contributed by atoms with Crippen molar-refractivity contribution in [2.45, 2.75) is 26.7 Å². The molecule has 0 bridgehead atoms. The Hall–Kier alpha value is -1.82. The van der Waals surface area contributed by atoms with Gasteiger partial charge in [-0.2, -0.15) is 5.26 Å². The molecule has 0 fully saturated rings. The van der Waals surface area contributed by atoms with Gasteiger partial charge in [0.2, 0.25) is 5.91 Å². The van der Waals surface area contributed by atoms with Crippen LogP contribution in [0.4, 0.5) is 0 Å². The normalized spacial score (nSPS) is 9.76. The van der Waals surface area contributed by atoms with E-state index in [2.05, 4.69) is 0 Å². The molecule has 0 aliphatic rings. The molecular formula is C14H18N2O. The molecule has 0 spiro atoms. The van der Waals surface area contributed by atoms with Crippen LogP contribution in [0.2, 0.25) is 0 Å². The lowest BCUT2D eigenvalue weighted by Gasteiger charge is -2.16. The van der Waals surface area contributed by atoms with E-state index >= 15 is 0 Å². The van der Waals surface area contributed by atoms with Gasteiger partial charge in [0.1, 0.15) is 0 Å². The molecule has 0 saturated carbocycles. The van der Waals surface area contributed by atoms with Crippen molar-refractivity contribution in [3.05, 3.63) is 34.9 Å². The van der Waals surface area contributed by atoms with Gasteiger partial charge in [0, 0.05) is 13.6 Å². The van der Waals surface area contributed by atoms with E-state index in [1.807, 2.05) is 38.1 Å². The van der Waals surface area contributed by atoms with Gasteiger partial charge in [-0.25, -0.2) is 0 Å². The van der Waals surface area contributed by atoms with Crippen LogP contribution in [0.15, 0.2) is 18.2 Å². The maximum Gasteiger partial charge on any atom is 0.226 e. The summed E-state index contributed by atoms with van der Waals surface area (Å²) < 4.78 is 0. The first-order chi connectivity index (χ1) is 8.04. The molecule has 3 heteroatoms. The quantitative estimate of drug-likeness (QED) is 0.796. The average molecular weight is 230 g/mol. The van der Waals surface area contributed by atoms with Crippen molar-refractivity contribution in [1.82, 2.24) is 4.90 Å². The van der Waals surface area contributed by atoms with E-state index < -0.39 is 0 Å². The zero-order valence-electron chi connectivity index (χ0n) is 10.7. The summed E-state index contributed by atoms with van der Waals surface area (Å²) in [6, 6.07) is 8.17. The van der Waals surface area contributed by atoms with Crippen LogP contribution in [0.5, 0.6) is 0 Å². The molecular weight excluding hydrogens is 212 g/mol. The lowest BCUT2D eigenvalue weighted by atomic mass is 10.0. The predicted molar refractivity (Wildman–Crippen MR) is 67.5 cm³/mol. The number of carbonyl (C=O) groups is 1. The van der Waals surface area contributed by atoms with Crippen LogP contribution in [0.1, 0.15) is 23.1 Å². The lowest BCUT2D eigenvalue weighted by molar-refractivity contribution is -0.129. The molecule has 0 aliphatic heterocycles. The van der Waals surface area contributed by atoms with Crippen LogP contribution in [0.25, 0.3) is 0 Å². The molecule has 0 saturated heterocycles. The number of hydrogen-bond acceptors (Lipinski definition) is 2. The number of benzene rings is 1. The van der Waals surface area contributed by atoms with Crippen LogP contribution in [-0.4, -0.2) is 24.4 Å². The maximum absolute atomic E-state index is 11.9. The van der Waals surface area contributed by atoms with Crippen molar-refractivity contribution in [1.29, 1.82) is 5.26 Å². The minimum absolute atomic E-state index is 0.0638. The fourth-order valence-corrected chi connectivity index (χ4v) is 1.63. The largest absolute Gasteiger partial charge is 0.344 e. The molecule has 0 aliphatic carbocycles. The number of carbonyl (C=O) groups excluding carboxylic acids is 1. The molecule has 1 amide bonds. The molecule has 17 heavy (non-hydrogen) atoms. The number of nitriles is 1. The third kappa shape index (κ3) is 3.92. The maximum atomic E-state index is 11.9. The topological polar surface area (TPSA) is 44.1 Å². The molecule has 0 heterocycles. The number of amides is 1. The van der Waals surface area contributed by atoms with Gasteiger partial charge in [-0.05, 0) is 25.0 Å². The van der Waals surface area contributed by atoms with Gasteiger partial charge in [0.15, 0.2) is 0 Å². The van der Waals surface area contributed by atoms with E-state index in [-0.39, 0.29) is 5.91 Å². The molecule has 0 radical (unpaired) electrons. The third-order valence-corrected chi connectivity index (χ3v) is 2.83. The summed E-state index contributed by atoms with van der Waals surface area (Å²) in [6.45, 7) is 4.53. The monoisotopic (exact) mass is 230 g/mol. The SMILES string of the molecule is Cc1ccc(C)c(CC(=O)N(C)CCC#N)c1. The van der Waals surface area contributed by atoms with E-state index in [1.165, 1.54) is 0 Å². The Morgan fingerprint density at radius 1 is 1.41 bits per heavy atom. The Kier molecular flexibility index (Phi) is 4.71. The Morgan fingerprint density at radius 2 is 2.12 bits per heavy atom. The molecule has 1 aromatic rings. The summed E-state index contributed by atoms with van der Waals surface area (Å²) >= 11 is 0. The van der Waals surface area contributed by atoms with Gasteiger partial charge in [-0.3, -0.25) is 4.79 Å². The Bertz CT molecular complexity index is 446. The number of hydrogen-bond donors (Lipinski definition) is 0. The summed E-state index contributed by atoms with van der Waals surface area (Å²) in [5, 5.41) is 8.48. The fourth-order valence-electron chi connectivity index (χ4n) is 1.63. The second-order valence-electron chi connectivity index (χ2n) is 4.33. The highest BCUT2D eigenvalue weighted by molar-refractivity contribution is 5.78. The van der Waals surface area contributed by atoms with Crippen LogP contribution in [0, 0.1) is 25.2 Å². The van der Waals surface area contributed by atoms with Gasteiger partial charge in [-0.1, -0.05) is 23.8 Å². The summed E-state index contributed by atoms with van der Waals surface area (Å²) in [5.41, 5.74) is 3.37. The average Bonchev–Trinajstić information content (AvgIpc) is 2.30. The Labute approximate surface area is 103 Å². The highest BCUT2D eigenvalue weighted by Crippen LogP contribution is 2.12. The lowest BCUT2D eigenvalue weighted by Crippen LogP contribution is -2.29. The van der Waals surface area contributed by atoms with Gasteiger partial charge < -0.3 is 4.90 Å². The molecule has 3 nitrogen and oxygen atoms in total. The first-order valence-corrected chi connectivity index (χ1v) is 5.71. The molecule has 1 aromatic carbocycles. The summed E-state index contributed by atoms with van der Waals surface area (Å²) in [6.07, 6.45) is 0.796. The van der Waals surface area contributed by atoms with Crippen molar-refractivity contribution in [3.63, 3.8) is 0 Å². The zero-order chi connectivity index (χ0) is 12.8. The third-order valence-electron chi connectivity index (χ3n) is 2.83. The van der Waals surface area contributed by atoms with Crippen molar-refractivity contribution < 1.29 is 4.79 Å². The molecule has 90 valence electrons. The van der Waals surface area contributed by atoms with E-state index in [0.29, 0.717) is 19.4 Å². The number of nitrogens with zero attached hydrogens (tertiary/aromatic N) is 2. The fraction of sp³-hybridized carbons (Fsp3) is 0.429. The standard InChI is InChI=1S/C14H18N2O/c1-11-5-6-12(2)13(9-11)10-14(17)16(3)8-4-7-15/h5-6,9H,4,8,10H2,1-3H3. The first kappa shape index (κ1) is 13.2. The summed E-state index contributed by atoms with van der Waals surface area (Å²) in [5.74, 6) is 0.0638. The van der Waals surface area contributed by atoms with E-state index in [4.69, 9.17) is 5.26 Å². The predicted octanol–water partition coefficient (Wildman–Crippen LogP) is 2.22. The van der Waals surface area contributed by atoms with Crippen LogP contribution < -0.4 is 0 Å². The van der Waals surface area contributed by atoms with E-state index in [9.17, 15) is 4.79 Å². The van der Waals surface area contributed by atoms with Crippen LogP contribution in [-0.2, 0) is 11.2 Å². The second-order valence-corrected chi connectivity index (χ2v) is 4.33. The van der Waals surface area contributed by atoms with E-state index in [0.717, 1.165) is 16.7 Å². The van der Waals surface area contributed by atoms with Crippen LogP contribution >= 0.6 is 0 Å². The highest BCUT2D eigenvalue weighted by Gasteiger charge is 2.10. The van der Waals surface area contributed by atoms with Gasteiger partial charge in [0.25, 0.3) is 0 Å².